The van der Waals surface area contributed by atoms with Crippen molar-refractivity contribution in [2.75, 3.05) is 11.5 Å². The Bertz CT molecular complexity index is 479. The van der Waals surface area contributed by atoms with Crippen LogP contribution in [0.2, 0.25) is 0 Å². The summed E-state index contributed by atoms with van der Waals surface area (Å²) in [5.74, 6) is 0.238. The molecular formula is C9H14ClN3O2S2. The van der Waals surface area contributed by atoms with Crippen LogP contribution >= 0.6 is 22.4 Å². The monoisotopic (exact) mass is 295 g/mol. The van der Waals surface area contributed by atoms with Crippen molar-refractivity contribution >= 4 is 31.5 Å². The van der Waals surface area contributed by atoms with Gasteiger partial charge in [-0.3, -0.25) is 0 Å². The lowest BCUT2D eigenvalue weighted by molar-refractivity contribution is 0.611. The molecule has 5 nitrogen and oxygen atoms in total. The maximum atomic E-state index is 10.7. The predicted molar refractivity (Wildman–Crippen MR) is 68.9 cm³/mol. The fourth-order valence-corrected chi connectivity index (χ4v) is 3.37. The van der Waals surface area contributed by atoms with E-state index in [2.05, 4.69) is 15.2 Å². The van der Waals surface area contributed by atoms with Gasteiger partial charge in [0.05, 0.1) is 17.1 Å². The highest BCUT2D eigenvalue weighted by atomic mass is 35.7. The molecule has 1 aromatic heterocycles. The number of halogens is 1. The Morgan fingerprint density at radius 2 is 1.82 bits per heavy atom. The molecule has 0 N–H and O–H groups in total. The summed E-state index contributed by atoms with van der Waals surface area (Å²) in [5, 5.41) is 8.51. The first-order chi connectivity index (χ1) is 7.96. The van der Waals surface area contributed by atoms with Gasteiger partial charge in [0, 0.05) is 16.4 Å². The molecule has 0 fully saturated rings. The van der Waals surface area contributed by atoms with E-state index in [0.29, 0.717) is 10.9 Å². The third-order valence-electron chi connectivity index (χ3n) is 2.05. The van der Waals surface area contributed by atoms with Gasteiger partial charge in [0.25, 0.3) is 0 Å². The molecule has 1 aromatic rings. The maximum absolute atomic E-state index is 10.7. The first kappa shape index (κ1) is 14.7. The molecule has 17 heavy (non-hydrogen) atoms. The van der Waals surface area contributed by atoms with Gasteiger partial charge in [0.2, 0.25) is 14.2 Å². The molecule has 8 heteroatoms. The summed E-state index contributed by atoms with van der Waals surface area (Å²) in [6, 6.07) is 0. The van der Waals surface area contributed by atoms with Gasteiger partial charge < -0.3 is 0 Å². The van der Waals surface area contributed by atoms with Crippen molar-refractivity contribution < 1.29 is 8.42 Å². The number of aromatic nitrogens is 3. The average Bonchev–Trinajstić information content (AvgIpc) is 2.27. The average molecular weight is 296 g/mol. The largest absolute Gasteiger partial charge is 0.233 e. The predicted octanol–water partition coefficient (Wildman–Crippen LogP) is 1.66. The molecule has 0 aliphatic rings. The van der Waals surface area contributed by atoms with E-state index in [1.807, 2.05) is 13.8 Å². The van der Waals surface area contributed by atoms with Gasteiger partial charge >= 0.3 is 0 Å². The lowest BCUT2D eigenvalue weighted by Gasteiger charge is -2.04. The van der Waals surface area contributed by atoms with Crippen molar-refractivity contribution in [3.05, 3.63) is 11.4 Å². The smallest absolute Gasteiger partial charge is 0.224 e. The molecule has 96 valence electrons. The first-order valence-electron chi connectivity index (χ1n) is 5.23. The molecule has 0 aromatic carbocycles. The second-order valence-electron chi connectivity index (χ2n) is 3.29. The lowest BCUT2D eigenvalue weighted by Crippen LogP contribution is -2.05. The molecule has 0 aliphatic carbocycles. The van der Waals surface area contributed by atoms with Crippen molar-refractivity contribution in [2.45, 2.75) is 31.8 Å². The SMILES string of the molecule is CCc1nnc(SCCS(=O)(=O)Cl)nc1CC. The highest BCUT2D eigenvalue weighted by Crippen LogP contribution is 2.15. The summed E-state index contributed by atoms with van der Waals surface area (Å²) in [5.41, 5.74) is 1.81. The zero-order valence-electron chi connectivity index (χ0n) is 9.68. The fraction of sp³-hybridized carbons (Fsp3) is 0.667. The van der Waals surface area contributed by atoms with E-state index in [1.54, 1.807) is 0 Å². The second-order valence-corrected chi connectivity index (χ2v) is 7.24. The second kappa shape index (κ2) is 6.51. The number of hydrogen-bond donors (Lipinski definition) is 0. The molecule has 0 radical (unpaired) electrons. The number of thioether (sulfide) groups is 1. The fourth-order valence-electron chi connectivity index (χ4n) is 1.21. The van der Waals surface area contributed by atoms with Crippen LogP contribution in [0.5, 0.6) is 0 Å². The zero-order chi connectivity index (χ0) is 12.9. The first-order valence-corrected chi connectivity index (χ1v) is 8.70. The minimum atomic E-state index is -3.45. The molecule has 0 bridgehead atoms. The number of hydrogen-bond acceptors (Lipinski definition) is 6. The summed E-state index contributed by atoms with van der Waals surface area (Å²) >= 11 is 1.25. The van der Waals surface area contributed by atoms with Crippen molar-refractivity contribution in [2.24, 2.45) is 0 Å². The number of aryl methyl sites for hydroxylation is 2. The van der Waals surface area contributed by atoms with E-state index in [0.717, 1.165) is 24.2 Å². The van der Waals surface area contributed by atoms with E-state index in [9.17, 15) is 8.42 Å². The van der Waals surface area contributed by atoms with Crippen LogP contribution in [0.15, 0.2) is 5.16 Å². The van der Waals surface area contributed by atoms with E-state index in [4.69, 9.17) is 10.7 Å². The Balaban J connectivity index is 2.66. The summed E-state index contributed by atoms with van der Waals surface area (Å²) in [6.45, 7) is 4.00. The topological polar surface area (TPSA) is 72.8 Å². The molecule has 1 rings (SSSR count). The van der Waals surface area contributed by atoms with Crippen LogP contribution in [0, 0.1) is 0 Å². The summed E-state index contributed by atoms with van der Waals surface area (Å²) in [7, 11) is 1.66. The normalized spacial score (nSPS) is 11.7. The molecule has 0 saturated heterocycles. The minimum absolute atomic E-state index is 0.0976. The van der Waals surface area contributed by atoms with Crippen molar-refractivity contribution in [1.29, 1.82) is 0 Å². The molecule has 0 aliphatic heterocycles. The minimum Gasteiger partial charge on any atom is -0.224 e. The van der Waals surface area contributed by atoms with Gasteiger partial charge in [-0.1, -0.05) is 25.6 Å². The molecule has 0 amide bonds. The summed E-state index contributed by atoms with van der Waals surface area (Å²) in [6.07, 6.45) is 1.59. The van der Waals surface area contributed by atoms with Crippen LogP contribution in [0.1, 0.15) is 25.2 Å². The number of rotatable bonds is 6. The highest BCUT2D eigenvalue weighted by molar-refractivity contribution is 8.14. The van der Waals surface area contributed by atoms with Crippen molar-refractivity contribution in [3.8, 4) is 0 Å². The third kappa shape index (κ3) is 5.18. The Morgan fingerprint density at radius 1 is 1.18 bits per heavy atom. The summed E-state index contributed by atoms with van der Waals surface area (Å²) < 4.78 is 21.5. The van der Waals surface area contributed by atoms with Gasteiger partial charge in [-0.2, -0.15) is 5.10 Å². The van der Waals surface area contributed by atoms with Gasteiger partial charge in [0.1, 0.15) is 0 Å². The van der Waals surface area contributed by atoms with Crippen LogP contribution in [0.25, 0.3) is 0 Å². The zero-order valence-corrected chi connectivity index (χ0v) is 12.1. The Morgan fingerprint density at radius 3 is 2.35 bits per heavy atom. The molecule has 1 heterocycles. The van der Waals surface area contributed by atoms with E-state index in [-0.39, 0.29) is 5.75 Å². The number of nitrogens with zero attached hydrogens (tertiary/aromatic N) is 3. The summed E-state index contributed by atoms with van der Waals surface area (Å²) in [4.78, 5) is 4.33. The van der Waals surface area contributed by atoms with Crippen molar-refractivity contribution in [3.63, 3.8) is 0 Å². The van der Waals surface area contributed by atoms with Crippen LogP contribution in [0.3, 0.4) is 0 Å². The molecular weight excluding hydrogens is 282 g/mol. The van der Waals surface area contributed by atoms with E-state index >= 15 is 0 Å². The van der Waals surface area contributed by atoms with E-state index < -0.39 is 9.05 Å². The van der Waals surface area contributed by atoms with Gasteiger partial charge in [-0.05, 0) is 12.8 Å². The lowest BCUT2D eigenvalue weighted by atomic mass is 10.2. The Hall–Kier alpha value is -0.400. The third-order valence-corrected chi connectivity index (χ3v) is 4.30. The van der Waals surface area contributed by atoms with Crippen LogP contribution in [-0.2, 0) is 21.9 Å². The molecule has 0 saturated carbocycles. The quantitative estimate of drug-likeness (QED) is 0.587. The molecule has 0 spiro atoms. The van der Waals surface area contributed by atoms with Crippen LogP contribution in [0.4, 0.5) is 0 Å². The van der Waals surface area contributed by atoms with Crippen LogP contribution in [-0.4, -0.2) is 35.1 Å². The Labute approximate surface area is 110 Å². The van der Waals surface area contributed by atoms with Gasteiger partial charge in [0.15, 0.2) is 0 Å². The highest BCUT2D eigenvalue weighted by Gasteiger charge is 2.09. The Kier molecular flexibility index (Phi) is 5.61. The standard InChI is InChI=1S/C9H14ClN3O2S2/c1-3-7-8(4-2)12-13-9(11-7)16-5-6-17(10,14)15/h3-6H2,1-2H3. The van der Waals surface area contributed by atoms with Crippen molar-refractivity contribution in [1.82, 2.24) is 15.2 Å². The van der Waals surface area contributed by atoms with Crippen LogP contribution < -0.4 is 0 Å². The molecule has 0 unspecified atom stereocenters. The van der Waals surface area contributed by atoms with Gasteiger partial charge in [-0.15, -0.1) is 5.10 Å². The molecule has 0 atom stereocenters. The van der Waals surface area contributed by atoms with Gasteiger partial charge in [-0.25, -0.2) is 13.4 Å². The maximum Gasteiger partial charge on any atom is 0.233 e. The van der Waals surface area contributed by atoms with E-state index in [1.165, 1.54) is 11.8 Å².